The molecule has 0 unspecified atom stereocenters. The lowest BCUT2D eigenvalue weighted by Gasteiger charge is -2.44. The molecule has 7 heteroatoms. The molecule has 1 N–H and O–H groups in total. The quantitative estimate of drug-likeness (QED) is 0.521. The van der Waals surface area contributed by atoms with Gasteiger partial charge in [-0.1, -0.05) is 81.4 Å². The Hall–Kier alpha value is -3.03. The predicted molar refractivity (Wildman–Crippen MR) is 117 cm³/mol. The van der Waals surface area contributed by atoms with Crippen LogP contribution in [0.5, 0.6) is 0 Å². The summed E-state index contributed by atoms with van der Waals surface area (Å²) >= 11 is 0. The number of benzene rings is 2. The van der Waals surface area contributed by atoms with Crippen LogP contribution in [0.3, 0.4) is 0 Å². The number of rotatable bonds is 5. The van der Waals surface area contributed by atoms with Gasteiger partial charge in [-0.3, -0.25) is 14.3 Å². The molecule has 29 heavy (non-hydrogen) atoms. The fourth-order valence-electron chi connectivity index (χ4n) is 3.52. The van der Waals surface area contributed by atoms with Crippen LogP contribution in [0, 0.1) is 0 Å². The van der Waals surface area contributed by atoms with E-state index in [1.165, 1.54) is 18.2 Å². The van der Waals surface area contributed by atoms with Gasteiger partial charge in [0.2, 0.25) is 5.91 Å². The van der Waals surface area contributed by atoms with Gasteiger partial charge in [0.05, 0.1) is 0 Å². The van der Waals surface area contributed by atoms with Crippen molar-refractivity contribution in [3.63, 3.8) is 0 Å². The molecule has 0 atom stereocenters. The zero-order valence-corrected chi connectivity index (χ0v) is 18.0. The van der Waals surface area contributed by atoms with E-state index in [-0.39, 0.29) is 16.8 Å². The molecule has 0 bridgehead atoms. The number of H-pyrrole nitrogens is 1. The summed E-state index contributed by atoms with van der Waals surface area (Å²) in [7, 11) is -3.01. The topological polar surface area (TPSA) is 75.3 Å². The smallest absolute Gasteiger partial charge is 0.299 e. The summed E-state index contributed by atoms with van der Waals surface area (Å²) in [4.78, 5) is 30.6. The number of aromatic amines is 1. The highest BCUT2D eigenvalue weighted by Crippen LogP contribution is 2.37. The van der Waals surface area contributed by atoms with Crippen molar-refractivity contribution in [2.45, 2.75) is 32.7 Å². The summed E-state index contributed by atoms with van der Waals surface area (Å²) in [6, 6.07) is 21.5. The molecule has 2 aromatic carbocycles. The number of hydroxylamine groups is 1. The van der Waals surface area contributed by atoms with E-state index in [9.17, 15) is 9.59 Å². The van der Waals surface area contributed by atoms with Crippen LogP contribution in [-0.4, -0.2) is 24.2 Å². The Kier molecular flexibility index (Phi) is 5.81. The van der Waals surface area contributed by atoms with Crippen LogP contribution in [0.4, 0.5) is 5.82 Å². The van der Waals surface area contributed by atoms with E-state index < -0.39 is 14.0 Å². The minimum Gasteiger partial charge on any atom is -0.299 e. The first kappa shape index (κ1) is 20.7. The van der Waals surface area contributed by atoms with E-state index in [1.54, 1.807) is 6.07 Å². The third-order valence-corrected chi connectivity index (χ3v) is 9.67. The van der Waals surface area contributed by atoms with Crippen LogP contribution in [0.2, 0.25) is 5.04 Å². The first-order chi connectivity index (χ1) is 13.8. The summed E-state index contributed by atoms with van der Waals surface area (Å²) in [5.74, 6) is -0.0784. The molecule has 150 valence electrons. The van der Waals surface area contributed by atoms with E-state index in [1.807, 2.05) is 60.7 Å². The second kappa shape index (κ2) is 8.14. The van der Waals surface area contributed by atoms with Gasteiger partial charge >= 0.3 is 5.69 Å². The Bertz CT molecular complexity index is 991. The van der Waals surface area contributed by atoms with Crippen molar-refractivity contribution in [1.29, 1.82) is 0 Å². The number of hydrogen-bond acceptors (Lipinski definition) is 4. The van der Waals surface area contributed by atoms with Crippen molar-refractivity contribution in [2.75, 3.05) is 5.06 Å². The summed E-state index contributed by atoms with van der Waals surface area (Å²) < 4.78 is 6.70. The molecule has 1 aromatic heterocycles. The summed E-state index contributed by atoms with van der Waals surface area (Å²) in [5, 5.41) is 2.93. The standard InChI is InChI=1S/C22H25N3O3Si/c1-17(26)25(20-15-16-23-21(27)24-20)28-29(22(2,3)4,18-11-7-5-8-12-18)19-13-9-6-10-14-19/h5-16H,1-4H3,(H,23,24,27). The van der Waals surface area contributed by atoms with Gasteiger partial charge < -0.3 is 0 Å². The van der Waals surface area contributed by atoms with Crippen molar-refractivity contribution in [2.24, 2.45) is 0 Å². The number of carbonyl (C=O) groups is 1. The van der Waals surface area contributed by atoms with Crippen molar-refractivity contribution in [3.05, 3.63) is 83.4 Å². The Balaban J connectivity index is 2.27. The van der Waals surface area contributed by atoms with Crippen LogP contribution >= 0.6 is 0 Å². The lowest BCUT2D eigenvalue weighted by molar-refractivity contribution is -0.120. The first-order valence-corrected chi connectivity index (χ1v) is 11.3. The lowest BCUT2D eigenvalue weighted by atomic mass is 10.2. The minimum atomic E-state index is -3.01. The normalized spacial score (nSPS) is 11.9. The van der Waals surface area contributed by atoms with Crippen molar-refractivity contribution in [3.8, 4) is 0 Å². The molecule has 0 aliphatic rings. The van der Waals surface area contributed by atoms with E-state index in [2.05, 4.69) is 30.7 Å². The molecule has 0 saturated heterocycles. The number of amides is 1. The van der Waals surface area contributed by atoms with Crippen LogP contribution in [-0.2, 0) is 9.32 Å². The fraction of sp³-hybridized carbons (Fsp3) is 0.227. The Morgan fingerprint density at radius 2 is 1.48 bits per heavy atom. The molecular formula is C22H25N3O3Si. The average molecular weight is 408 g/mol. The SMILES string of the molecule is CC(=O)N(O[Si](c1ccccc1)(c1ccccc1)C(C)(C)C)c1ccnc(=O)[nH]1. The lowest BCUT2D eigenvalue weighted by Crippen LogP contribution is -2.69. The van der Waals surface area contributed by atoms with Gasteiger partial charge in [0.15, 0.2) is 0 Å². The van der Waals surface area contributed by atoms with Crippen LogP contribution in [0.25, 0.3) is 0 Å². The Labute approximate surface area is 171 Å². The molecule has 0 fully saturated rings. The number of hydrogen-bond donors (Lipinski definition) is 1. The Morgan fingerprint density at radius 3 is 1.90 bits per heavy atom. The predicted octanol–water partition coefficient (Wildman–Crippen LogP) is 2.61. The van der Waals surface area contributed by atoms with E-state index in [0.29, 0.717) is 0 Å². The summed E-state index contributed by atoms with van der Waals surface area (Å²) in [5.41, 5.74) is -0.542. The maximum absolute atomic E-state index is 12.6. The largest absolute Gasteiger partial charge is 0.346 e. The summed E-state index contributed by atoms with van der Waals surface area (Å²) in [6.45, 7) is 7.77. The highest BCUT2D eigenvalue weighted by atomic mass is 28.4. The van der Waals surface area contributed by atoms with Crippen LogP contribution in [0.1, 0.15) is 27.7 Å². The van der Waals surface area contributed by atoms with E-state index in [0.717, 1.165) is 10.4 Å². The van der Waals surface area contributed by atoms with Crippen LogP contribution in [0.15, 0.2) is 77.7 Å². The highest BCUT2D eigenvalue weighted by Gasteiger charge is 2.53. The van der Waals surface area contributed by atoms with Crippen molar-refractivity contribution in [1.82, 2.24) is 9.97 Å². The second-order valence-corrected chi connectivity index (χ2v) is 12.0. The molecule has 0 aliphatic carbocycles. The van der Waals surface area contributed by atoms with Gasteiger partial charge in [-0.25, -0.2) is 9.78 Å². The number of carbonyl (C=O) groups excluding carboxylic acids is 1. The average Bonchev–Trinajstić information content (AvgIpc) is 2.69. The van der Waals surface area contributed by atoms with Gasteiger partial charge in [0.25, 0.3) is 8.32 Å². The molecule has 1 heterocycles. The van der Waals surface area contributed by atoms with Gasteiger partial charge in [0, 0.05) is 13.1 Å². The number of nitrogens with zero attached hydrogens (tertiary/aromatic N) is 2. The fourth-order valence-corrected chi connectivity index (χ4v) is 7.89. The molecule has 0 aliphatic heterocycles. The molecule has 0 radical (unpaired) electrons. The Morgan fingerprint density at radius 1 is 0.966 bits per heavy atom. The van der Waals surface area contributed by atoms with E-state index >= 15 is 0 Å². The molecular weight excluding hydrogens is 382 g/mol. The first-order valence-electron chi connectivity index (χ1n) is 9.42. The summed E-state index contributed by atoms with van der Waals surface area (Å²) in [6.07, 6.45) is 1.36. The van der Waals surface area contributed by atoms with E-state index in [4.69, 9.17) is 4.53 Å². The van der Waals surface area contributed by atoms with Crippen LogP contribution < -0.4 is 21.1 Å². The molecule has 0 saturated carbocycles. The number of anilines is 1. The van der Waals surface area contributed by atoms with Gasteiger partial charge in [0.1, 0.15) is 5.82 Å². The van der Waals surface area contributed by atoms with Gasteiger partial charge in [-0.2, -0.15) is 5.06 Å². The zero-order valence-electron chi connectivity index (χ0n) is 17.0. The maximum Gasteiger partial charge on any atom is 0.346 e. The monoisotopic (exact) mass is 407 g/mol. The number of nitrogens with one attached hydrogen (secondary N) is 1. The third kappa shape index (κ3) is 4.06. The maximum atomic E-state index is 12.6. The van der Waals surface area contributed by atoms with Gasteiger partial charge in [-0.05, 0) is 21.5 Å². The highest BCUT2D eigenvalue weighted by molar-refractivity contribution is 6.99. The molecule has 1 amide bonds. The van der Waals surface area contributed by atoms with Crippen molar-refractivity contribution < 1.29 is 9.32 Å². The molecule has 3 rings (SSSR count). The molecule has 0 spiro atoms. The zero-order chi connectivity index (χ0) is 21.1. The van der Waals surface area contributed by atoms with Crippen molar-refractivity contribution >= 4 is 30.4 Å². The number of aromatic nitrogens is 2. The third-order valence-electron chi connectivity index (χ3n) is 4.81. The molecule has 6 nitrogen and oxygen atoms in total. The van der Waals surface area contributed by atoms with Gasteiger partial charge in [-0.15, -0.1) is 0 Å². The molecule has 3 aromatic rings. The second-order valence-electron chi connectivity index (χ2n) is 7.83. The minimum absolute atomic E-state index is 0.255.